The summed E-state index contributed by atoms with van der Waals surface area (Å²) in [6.45, 7) is 5.01. The molecule has 6 nitrogen and oxygen atoms in total. The van der Waals surface area contributed by atoms with E-state index in [1.165, 1.54) is 366 Å². The highest BCUT2D eigenvalue weighted by atomic mass is 16.5. The van der Waals surface area contributed by atoms with Gasteiger partial charge in [0.25, 0.3) is 0 Å². The first-order valence-corrected chi connectivity index (χ1v) is 37.3. The molecule has 0 rings (SSSR count). The maximum atomic E-state index is 12.6. The fraction of sp³-hybridized carbons (Fsp3) is 0.973. The molecule has 2 atom stereocenters. The van der Waals surface area contributed by atoms with E-state index in [4.69, 9.17) is 4.74 Å². The minimum Gasteiger partial charge on any atom is -0.466 e. The maximum Gasteiger partial charge on any atom is 0.305 e. The maximum absolute atomic E-state index is 12.6. The first kappa shape index (κ1) is 78.9. The summed E-state index contributed by atoms with van der Waals surface area (Å²) in [4.78, 5) is 24.6. The molecule has 0 saturated heterocycles. The molecule has 0 aliphatic carbocycles. The zero-order valence-corrected chi connectivity index (χ0v) is 54.9. The van der Waals surface area contributed by atoms with Gasteiger partial charge < -0.3 is 20.3 Å². The molecule has 80 heavy (non-hydrogen) atoms. The topological polar surface area (TPSA) is 95.9 Å². The summed E-state index contributed by atoms with van der Waals surface area (Å²) >= 11 is 0. The number of rotatable bonds is 71. The van der Waals surface area contributed by atoms with Crippen molar-refractivity contribution >= 4 is 11.9 Å². The molecule has 0 fully saturated rings. The molecule has 0 bridgehead atoms. The molecule has 0 aliphatic heterocycles. The molecular formula is C74H147NO5. The molecule has 0 spiro atoms. The summed E-state index contributed by atoms with van der Waals surface area (Å²) in [7, 11) is 0. The zero-order valence-electron chi connectivity index (χ0n) is 54.9. The van der Waals surface area contributed by atoms with E-state index in [-0.39, 0.29) is 18.5 Å². The molecule has 0 aromatic heterocycles. The molecule has 0 aliphatic rings. The van der Waals surface area contributed by atoms with Gasteiger partial charge in [-0.15, -0.1) is 0 Å². The number of ether oxygens (including phenoxy) is 1. The highest BCUT2D eigenvalue weighted by Crippen LogP contribution is 2.20. The zero-order chi connectivity index (χ0) is 57.8. The van der Waals surface area contributed by atoms with E-state index < -0.39 is 12.1 Å². The monoisotopic (exact) mass is 1130 g/mol. The molecule has 1 amide bonds. The Morgan fingerprint density at radius 2 is 0.512 bits per heavy atom. The quantitative estimate of drug-likeness (QED) is 0.0417. The Hall–Kier alpha value is -1.14. The third-order valence-electron chi connectivity index (χ3n) is 17.9. The Morgan fingerprint density at radius 3 is 0.762 bits per heavy atom. The van der Waals surface area contributed by atoms with E-state index in [1.54, 1.807) is 0 Å². The second kappa shape index (κ2) is 70.3. The lowest BCUT2D eigenvalue weighted by Crippen LogP contribution is -2.45. The van der Waals surface area contributed by atoms with Crippen molar-refractivity contribution in [3.05, 3.63) is 0 Å². The first-order chi connectivity index (χ1) is 39.5. The number of unbranched alkanes of at least 4 members (excludes halogenated alkanes) is 60. The number of aliphatic hydroxyl groups excluding tert-OH is 2. The molecule has 0 heterocycles. The van der Waals surface area contributed by atoms with Crippen molar-refractivity contribution in [2.75, 3.05) is 13.2 Å². The van der Waals surface area contributed by atoms with Crippen molar-refractivity contribution < 1.29 is 24.5 Å². The van der Waals surface area contributed by atoms with Crippen molar-refractivity contribution in [1.29, 1.82) is 0 Å². The van der Waals surface area contributed by atoms with Crippen LogP contribution in [0.1, 0.15) is 438 Å². The van der Waals surface area contributed by atoms with Crippen molar-refractivity contribution in [1.82, 2.24) is 5.32 Å². The number of carbonyl (C=O) groups is 2. The number of hydrogen-bond donors (Lipinski definition) is 3. The normalized spacial score (nSPS) is 12.4. The van der Waals surface area contributed by atoms with E-state index >= 15 is 0 Å². The molecule has 6 heteroatoms. The predicted molar refractivity (Wildman–Crippen MR) is 352 cm³/mol. The summed E-state index contributed by atoms with van der Waals surface area (Å²) < 4.78 is 5.49. The smallest absolute Gasteiger partial charge is 0.305 e. The Balaban J connectivity index is 3.34. The number of esters is 1. The molecule has 0 saturated carbocycles. The highest BCUT2D eigenvalue weighted by Gasteiger charge is 2.20. The SMILES string of the molecule is CCCCCCCCCCCCCCCCCCCCCCCCCC(O)C(CO)NC(=O)CCCCCCCCCCCCCCCCCCCCCCCCCCCCCCOC(=O)CCCCCCCCCCCCCC. The molecule has 0 aromatic rings. The Labute approximate surface area is 502 Å². The van der Waals surface area contributed by atoms with Gasteiger partial charge >= 0.3 is 5.97 Å². The van der Waals surface area contributed by atoms with Crippen LogP contribution in [0, 0.1) is 0 Å². The predicted octanol–water partition coefficient (Wildman–Crippen LogP) is 24.2. The van der Waals surface area contributed by atoms with Crippen LogP contribution < -0.4 is 5.32 Å². The number of hydrogen-bond acceptors (Lipinski definition) is 5. The average Bonchev–Trinajstić information content (AvgIpc) is 3.46. The van der Waals surface area contributed by atoms with Gasteiger partial charge in [0.1, 0.15) is 0 Å². The molecular weight excluding hydrogens is 983 g/mol. The van der Waals surface area contributed by atoms with Gasteiger partial charge in [0.05, 0.1) is 25.4 Å². The number of amides is 1. The van der Waals surface area contributed by atoms with E-state index in [0.29, 0.717) is 25.9 Å². The van der Waals surface area contributed by atoms with Crippen LogP contribution in [0.5, 0.6) is 0 Å². The van der Waals surface area contributed by atoms with Crippen LogP contribution in [0.15, 0.2) is 0 Å². The van der Waals surface area contributed by atoms with E-state index in [1.807, 2.05) is 0 Å². The van der Waals surface area contributed by atoms with Crippen LogP contribution in [0.2, 0.25) is 0 Å². The Morgan fingerprint density at radius 1 is 0.300 bits per heavy atom. The second-order valence-electron chi connectivity index (χ2n) is 26.0. The summed E-state index contributed by atoms with van der Waals surface area (Å²) in [6.07, 6.45) is 86.0. The van der Waals surface area contributed by atoms with E-state index in [0.717, 1.165) is 38.5 Å². The summed E-state index contributed by atoms with van der Waals surface area (Å²) in [6, 6.07) is -0.539. The van der Waals surface area contributed by atoms with Crippen molar-refractivity contribution in [3.8, 4) is 0 Å². The first-order valence-electron chi connectivity index (χ1n) is 37.3. The van der Waals surface area contributed by atoms with Gasteiger partial charge in [-0.1, -0.05) is 399 Å². The van der Waals surface area contributed by atoms with E-state index in [2.05, 4.69) is 19.2 Å². The fourth-order valence-corrected chi connectivity index (χ4v) is 12.2. The van der Waals surface area contributed by atoms with E-state index in [9.17, 15) is 19.8 Å². The largest absolute Gasteiger partial charge is 0.466 e. The number of aliphatic hydroxyl groups is 2. The lowest BCUT2D eigenvalue weighted by molar-refractivity contribution is -0.143. The molecule has 0 radical (unpaired) electrons. The lowest BCUT2D eigenvalue weighted by Gasteiger charge is -2.22. The molecule has 3 N–H and O–H groups in total. The number of carbonyl (C=O) groups excluding carboxylic acids is 2. The third-order valence-corrected chi connectivity index (χ3v) is 17.9. The van der Waals surface area contributed by atoms with Crippen molar-refractivity contribution in [2.24, 2.45) is 0 Å². The van der Waals surface area contributed by atoms with Gasteiger partial charge in [0.15, 0.2) is 0 Å². The fourth-order valence-electron chi connectivity index (χ4n) is 12.2. The third kappa shape index (κ3) is 66.0. The van der Waals surface area contributed by atoms with Crippen LogP contribution in [0.3, 0.4) is 0 Å². The van der Waals surface area contributed by atoms with Crippen LogP contribution in [-0.2, 0) is 14.3 Å². The summed E-state index contributed by atoms with van der Waals surface area (Å²) in [5, 5.41) is 23.5. The van der Waals surface area contributed by atoms with Crippen molar-refractivity contribution in [2.45, 2.75) is 450 Å². The Kier molecular flexibility index (Phi) is 69.3. The summed E-state index contributed by atoms with van der Waals surface area (Å²) in [5.74, 6) is -0.00478. The number of nitrogens with one attached hydrogen (secondary N) is 1. The standard InChI is InChI=1S/C74H147NO5/c1-3-5-7-9-11-13-15-17-18-19-20-21-28-31-34-37-40-43-46-50-54-58-62-66-72(77)71(70-76)75-73(78)67-63-59-55-51-47-44-41-38-35-32-29-26-24-22-23-25-27-30-33-36-39-42-45-49-53-57-61-65-69-80-74(79)68-64-60-56-52-48-16-14-12-10-8-6-4-2/h71-72,76-77H,3-70H2,1-2H3,(H,75,78). The lowest BCUT2D eigenvalue weighted by atomic mass is 10.0. The van der Waals surface area contributed by atoms with Crippen LogP contribution in [0.25, 0.3) is 0 Å². The van der Waals surface area contributed by atoms with Crippen molar-refractivity contribution in [3.63, 3.8) is 0 Å². The second-order valence-corrected chi connectivity index (χ2v) is 26.0. The van der Waals surface area contributed by atoms with Gasteiger partial charge in [0.2, 0.25) is 5.91 Å². The minimum atomic E-state index is -0.662. The van der Waals surface area contributed by atoms with Crippen LogP contribution >= 0.6 is 0 Å². The van der Waals surface area contributed by atoms with Gasteiger partial charge in [-0.2, -0.15) is 0 Å². The van der Waals surface area contributed by atoms with Gasteiger partial charge in [0, 0.05) is 12.8 Å². The highest BCUT2D eigenvalue weighted by molar-refractivity contribution is 5.76. The molecule has 0 aromatic carbocycles. The van der Waals surface area contributed by atoms with Gasteiger partial charge in [-0.25, -0.2) is 0 Å². The van der Waals surface area contributed by atoms with Gasteiger partial charge in [-0.3, -0.25) is 9.59 Å². The van der Waals surface area contributed by atoms with Crippen LogP contribution in [0.4, 0.5) is 0 Å². The molecule has 2 unspecified atom stereocenters. The van der Waals surface area contributed by atoms with Crippen LogP contribution in [-0.4, -0.2) is 47.4 Å². The summed E-state index contributed by atoms with van der Waals surface area (Å²) in [5.41, 5.74) is 0. The Bertz CT molecular complexity index is 1160. The van der Waals surface area contributed by atoms with Gasteiger partial charge in [-0.05, 0) is 25.7 Å². The molecule has 478 valence electrons. The average molecular weight is 1130 g/mol. The minimum absolute atomic E-state index is 0.0209.